The third kappa shape index (κ3) is 3.12. The highest BCUT2D eigenvalue weighted by molar-refractivity contribution is 6.33. The number of hydrogen-bond acceptors (Lipinski definition) is 3. The van der Waals surface area contributed by atoms with Crippen LogP contribution in [0.1, 0.15) is 24.1 Å². The zero-order valence-corrected chi connectivity index (χ0v) is 11.6. The molecular formula is C15H16ClNO2. The summed E-state index contributed by atoms with van der Waals surface area (Å²) < 4.78 is 0. The summed E-state index contributed by atoms with van der Waals surface area (Å²) in [5, 5.41) is 23.1. The topological polar surface area (TPSA) is 52.5 Å². The van der Waals surface area contributed by atoms with Crippen LogP contribution in [0.2, 0.25) is 5.02 Å². The smallest absolute Gasteiger partial charge is 0.121 e. The summed E-state index contributed by atoms with van der Waals surface area (Å²) in [5.41, 5.74) is 2.50. The Balaban J connectivity index is 2.25. The minimum absolute atomic E-state index is 0.122. The lowest BCUT2D eigenvalue weighted by Crippen LogP contribution is -2.07. The normalized spacial score (nSPS) is 12.2. The molecule has 3 N–H and O–H groups in total. The molecule has 1 unspecified atom stereocenters. The van der Waals surface area contributed by atoms with E-state index in [1.54, 1.807) is 0 Å². The molecule has 4 heteroatoms. The summed E-state index contributed by atoms with van der Waals surface area (Å²) in [6.07, 6.45) is 0. The van der Waals surface area contributed by atoms with Crippen molar-refractivity contribution in [3.63, 3.8) is 0 Å². The standard InChI is InChI=1S/C15H16ClNO2/c1-9-3-5-14(13(16)7-9)17-10(2)12-8-11(18)4-6-15(12)19/h3-8,10,17-19H,1-2H3. The second kappa shape index (κ2) is 5.41. The number of halogens is 1. The SMILES string of the molecule is Cc1ccc(NC(C)c2cc(O)ccc2O)c(Cl)c1. The molecular weight excluding hydrogens is 262 g/mol. The van der Waals surface area contributed by atoms with Gasteiger partial charge in [-0.3, -0.25) is 0 Å². The number of nitrogens with one attached hydrogen (secondary N) is 1. The Kier molecular flexibility index (Phi) is 3.86. The second-order valence-corrected chi connectivity index (χ2v) is 5.00. The quantitative estimate of drug-likeness (QED) is 0.736. The lowest BCUT2D eigenvalue weighted by Gasteiger charge is -2.18. The predicted octanol–water partition coefficient (Wildman–Crippen LogP) is 4.23. The minimum Gasteiger partial charge on any atom is -0.508 e. The molecule has 0 heterocycles. The number of anilines is 1. The van der Waals surface area contributed by atoms with E-state index in [0.717, 1.165) is 11.3 Å². The molecule has 2 rings (SSSR count). The van der Waals surface area contributed by atoms with Crippen LogP contribution in [0.5, 0.6) is 11.5 Å². The van der Waals surface area contributed by atoms with Crippen LogP contribution in [0.3, 0.4) is 0 Å². The minimum atomic E-state index is -0.174. The average molecular weight is 278 g/mol. The molecule has 19 heavy (non-hydrogen) atoms. The molecule has 0 bridgehead atoms. The maximum atomic E-state index is 9.81. The molecule has 0 spiro atoms. The Labute approximate surface area is 117 Å². The fourth-order valence-corrected chi connectivity index (χ4v) is 2.23. The van der Waals surface area contributed by atoms with Gasteiger partial charge < -0.3 is 15.5 Å². The first-order valence-electron chi connectivity index (χ1n) is 6.02. The lowest BCUT2D eigenvalue weighted by molar-refractivity contribution is 0.451. The van der Waals surface area contributed by atoms with Crippen molar-refractivity contribution in [3.8, 4) is 11.5 Å². The van der Waals surface area contributed by atoms with Crippen molar-refractivity contribution in [2.24, 2.45) is 0 Å². The first-order chi connectivity index (χ1) is 8.97. The summed E-state index contributed by atoms with van der Waals surface area (Å²) in [4.78, 5) is 0. The van der Waals surface area contributed by atoms with Crippen LogP contribution >= 0.6 is 11.6 Å². The molecule has 3 nitrogen and oxygen atoms in total. The van der Waals surface area contributed by atoms with E-state index in [1.807, 2.05) is 32.0 Å². The van der Waals surface area contributed by atoms with E-state index in [9.17, 15) is 10.2 Å². The van der Waals surface area contributed by atoms with Crippen LogP contribution in [-0.4, -0.2) is 10.2 Å². The van der Waals surface area contributed by atoms with Crippen LogP contribution in [-0.2, 0) is 0 Å². The van der Waals surface area contributed by atoms with E-state index < -0.39 is 0 Å². The second-order valence-electron chi connectivity index (χ2n) is 4.59. The van der Waals surface area contributed by atoms with E-state index in [-0.39, 0.29) is 17.5 Å². The Hall–Kier alpha value is -1.87. The van der Waals surface area contributed by atoms with Crippen molar-refractivity contribution < 1.29 is 10.2 Å². The fraction of sp³-hybridized carbons (Fsp3) is 0.200. The summed E-state index contributed by atoms with van der Waals surface area (Å²) in [5.74, 6) is 0.262. The van der Waals surface area contributed by atoms with Gasteiger partial charge in [-0.1, -0.05) is 17.7 Å². The highest BCUT2D eigenvalue weighted by Gasteiger charge is 2.12. The van der Waals surface area contributed by atoms with Gasteiger partial charge in [0, 0.05) is 5.56 Å². The van der Waals surface area contributed by atoms with Crippen molar-refractivity contribution in [2.75, 3.05) is 5.32 Å². The molecule has 0 radical (unpaired) electrons. The first kappa shape index (κ1) is 13.6. The maximum Gasteiger partial charge on any atom is 0.121 e. The molecule has 100 valence electrons. The number of phenols is 2. The average Bonchev–Trinajstić information content (AvgIpc) is 2.35. The van der Waals surface area contributed by atoms with E-state index >= 15 is 0 Å². The number of aromatic hydroxyl groups is 2. The summed E-state index contributed by atoms with van der Waals surface area (Å²) in [6.45, 7) is 3.87. The van der Waals surface area contributed by atoms with Crippen molar-refractivity contribution >= 4 is 17.3 Å². The van der Waals surface area contributed by atoms with Gasteiger partial charge in [0.15, 0.2) is 0 Å². The molecule has 0 saturated heterocycles. The maximum absolute atomic E-state index is 9.81. The number of hydrogen-bond donors (Lipinski definition) is 3. The van der Waals surface area contributed by atoms with Crippen molar-refractivity contribution in [2.45, 2.75) is 19.9 Å². The molecule has 0 aliphatic heterocycles. The zero-order chi connectivity index (χ0) is 14.0. The Morgan fingerprint density at radius 3 is 2.53 bits per heavy atom. The molecule has 0 aliphatic carbocycles. The van der Waals surface area contributed by atoms with E-state index in [2.05, 4.69) is 5.32 Å². The number of benzene rings is 2. The van der Waals surface area contributed by atoms with Crippen LogP contribution in [0.25, 0.3) is 0 Å². The zero-order valence-electron chi connectivity index (χ0n) is 10.8. The van der Waals surface area contributed by atoms with Crippen molar-refractivity contribution in [1.82, 2.24) is 0 Å². The first-order valence-corrected chi connectivity index (χ1v) is 6.39. The molecule has 0 aromatic heterocycles. The van der Waals surface area contributed by atoms with Gasteiger partial charge in [0.2, 0.25) is 0 Å². The molecule has 1 atom stereocenters. The Bertz CT molecular complexity index is 599. The van der Waals surface area contributed by atoms with Crippen LogP contribution in [0.4, 0.5) is 5.69 Å². The van der Waals surface area contributed by atoms with E-state index in [0.29, 0.717) is 10.6 Å². The molecule has 2 aromatic carbocycles. The van der Waals surface area contributed by atoms with Gasteiger partial charge in [0.25, 0.3) is 0 Å². The third-order valence-corrected chi connectivity index (χ3v) is 3.29. The highest BCUT2D eigenvalue weighted by Crippen LogP contribution is 2.32. The van der Waals surface area contributed by atoms with Gasteiger partial charge in [0.1, 0.15) is 11.5 Å². The Morgan fingerprint density at radius 2 is 1.84 bits per heavy atom. The molecule has 0 amide bonds. The van der Waals surface area contributed by atoms with Crippen molar-refractivity contribution in [1.29, 1.82) is 0 Å². The van der Waals surface area contributed by atoms with Crippen molar-refractivity contribution in [3.05, 3.63) is 52.5 Å². The largest absolute Gasteiger partial charge is 0.508 e. The lowest BCUT2D eigenvalue weighted by atomic mass is 10.1. The summed E-state index contributed by atoms with van der Waals surface area (Å²) in [7, 11) is 0. The van der Waals surface area contributed by atoms with Crippen LogP contribution in [0, 0.1) is 6.92 Å². The Morgan fingerprint density at radius 1 is 1.11 bits per heavy atom. The summed E-state index contributed by atoms with van der Waals surface area (Å²) >= 11 is 6.16. The molecule has 0 saturated carbocycles. The van der Waals surface area contributed by atoms with E-state index in [1.165, 1.54) is 18.2 Å². The van der Waals surface area contributed by atoms with Gasteiger partial charge >= 0.3 is 0 Å². The van der Waals surface area contributed by atoms with Crippen LogP contribution < -0.4 is 5.32 Å². The van der Waals surface area contributed by atoms with E-state index in [4.69, 9.17) is 11.6 Å². The van der Waals surface area contributed by atoms with Gasteiger partial charge in [-0.25, -0.2) is 0 Å². The molecule has 0 aliphatic rings. The molecule has 0 fully saturated rings. The number of aryl methyl sites for hydroxylation is 1. The van der Waals surface area contributed by atoms with Gasteiger partial charge in [-0.05, 0) is 49.7 Å². The predicted molar refractivity (Wildman–Crippen MR) is 78.0 cm³/mol. The van der Waals surface area contributed by atoms with Crippen LogP contribution in [0.15, 0.2) is 36.4 Å². The summed E-state index contributed by atoms with van der Waals surface area (Å²) in [6, 6.07) is 10.0. The van der Waals surface area contributed by atoms with Gasteiger partial charge in [0.05, 0.1) is 16.8 Å². The number of phenolic OH excluding ortho intramolecular Hbond substituents is 2. The third-order valence-electron chi connectivity index (χ3n) is 2.97. The van der Waals surface area contributed by atoms with Gasteiger partial charge in [-0.2, -0.15) is 0 Å². The van der Waals surface area contributed by atoms with Gasteiger partial charge in [-0.15, -0.1) is 0 Å². The monoisotopic (exact) mass is 277 g/mol. The molecule has 2 aromatic rings. The fourth-order valence-electron chi connectivity index (χ4n) is 1.94. The highest BCUT2D eigenvalue weighted by atomic mass is 35.5. The number of rotatable bonds is 3.